The molecule has 19 heavy (non-hydrogen) atoms. The Kier molecular flexibility index (Phi) is 7.51. The Bertz CT molecular complexity index is 402. The van der Waals surface area contributed by atoms with E-state index in [1.165, 1.54) is 18.6 Å². The van der Waals surface area contributed by atoms with Gasteiger partial charge in [0.2, 0.25) is 0 Å². The van der Waals surface area contributed by atoms with Crippen molar-refractivity contribution in [1.82, 2.24) is 25.4 Å². The first kappa shape index (κ1) is 16.5. The van der Waals surface area contributed by atoms with Crippen LogP contribution in [0.4, 0.5) is 0 Å². The Hall–Kier alpha value is -0.510. The summed E-state index contributed by atoms with van der Waals surface area (Å²) in [7, 11) is 3.67. The maximum absolute atomic E-state index is 4.21. The van der Waals surface area contributed by atoms with Gasteiger partial charge in [-0.25, -0.2) is 4.98 Å². The Morgan fingerprint density at radius 1 is 1.58 bits per heavy atom. The van der Waals surface area contributed by atoms with E-state index in [0.717, 1.165) is 23.6 Å². The zero-order valence-electron chi connectivity index (χ0n) is 11.3. The maximum atomic E-state index is 4.21. The lowest BCUT2D eigenvalue weighted by Crippen LogP contribution is -2.40. The van der Waals surface area contributed by atoms with Crippen LogP contribution in [-0.4, -0.2) is 45.3 Å². The van der Waals surface area contributed by atoms with Crippen LogP contribution in [0.15, 0.2) is 11.3 Å². The van der Waals surface area contributed by atoms with Crippen LogP contribution < -0.4 is 10.6 Å². The minimum atomic E-state index is 0. The third kappa shape index (κ3) is 5.17. The number of nitrogens with zero attached hydrogens (tertiary/aromatic N) is 4. The van der Waals surface area contributed by atoms with Crippen LogP contribution in [0.25, 0.3) is 0 Å². The lowest BCUT2D eigenvalue weighted by atomic mass is 10.2. The molecule has 6 nitrogen and oxygen atoms in total. The molecule has 1 aliphatic heterocycles. The molecule has 0 bridgehead atoms. The number of guanidine groups is 1. The Balaban J connectivity index is 0.00000180. The van der Waals surface area contributed by atoms with Crippen LogP contribution in [0.5, 0.6) is 0 Å². The fraction of sp³-hybridized carbons (Fsp3) is 0.727. The van der Waals surface area contributed by atoms with Crippen LogP contribution >= 0.6 is 35.7 Å². The first-order valence-electron chi connectivity index (χ1n) is 6.18. The SMILES string of the molecule is CN=C(NCc1ncnn1C)NCC1CCCS1.I. The van der Waals surface area contributed by atoms with Crippen LogP contribution in [-0.2, 0) is 13.6 Å². The molecule has 1 aromatic heterocycles. The van der Waals surface area contributed by atoms with Gasteiger partial charge in [-0.2, -0.15) is 16.9 Å². The van der Waals surface area contributed by atoms with E-state index in [1.807, 2.05) is 18.8 Å². The lowest BCUT2D eigenvalue weighted by molar-refractivity contribution is 0.668. The topological polar surface area (TPSA) is 67.1 Å². The van der Waals surface area contributed by atoms with Crippen molar-refractivity contribution < 1.29 is 0 Å². The highest BCUT2D eigenvalue weighted by molar-refractivity contribution is 14.0. The summed E-state index contributed by atoms with van der Waals surface area (Å²) < 4.78 is 1.76. The number of halogens is 1. The number of rotatable bonds is 4. The van der Waals surface area contributed by atoms with Gasteiger partial charge in [0.1, 0.15) is 12.2 Å². The molecule has 0 spiro atoms. The number of hydrogen-bond acceptors (Lipinski definition) is 4. The minimum absolute atomic E-state index is 0. The highest BCUT2D eigenvalue weighted by Crippen LogP contribution is 2.25. The van der Waals surface area contributed by atoms with E-state index >= 15 is 0 Å². The quantitative estimate of drug-likeness (QED) is 0.452. The van der Waals surface area contributed by atoms with Crippen molar-refractivity contribution in [3.8, 4) is 0 Å². The molecule has 0 aliphatic carbocycles. The third-order valence-electron chi connectivity index (χ3n) is 2.96. The molecule has 1 saturated heterocycles. The molecule has 108 valence electrons. The minimum Gasteiger partial charge on any atom is -0.355 e. The van der Waals surface area contributed by atoms with E-state index in [-0.39, 0.29) is 24.0 Å². The molecule has 1 unspecified atom stereocenters. The predicted molar refractivity (Wildman–Crippen MR) is 90.1 cm³/mol. The van der Waals surface area contributed by atoms with Crippen molar-refractivity contribution in [2.45, 2.75) is 24.6 Å². The monoisotopic (exact) mass is 396 g/mol. The summed E-state index contributed by atoms with van der Waals surface area (Å²) in [4.78, 5) is 8.37. The van der Waals surface area contributed by atoms with Crippen molar-refractivity contribution in [2.75, 3.05) is 19.3 Å². The smallest absolute Gasteiger partial charge is 0.191 e. The zero-order chi connectivity index (χ0) is 12.8. The number of nitrogens with one attached hydrogen (secondary N) is 2. The molecule has 1 fully saturated rings. The Labute approximate surface area is 135 Å². The van der Waals surface area contributed by atoms with Gasteiger partial charge in [0.15, 0.2) is 5.96 Å². The van der Waals surface area contributed by atoms with Gasteiger partial charge in [-0.3, -0.25) is 9.67 Å². The van der Waals surface area contributed by atoms with Gasteiger partial charge >= 0.3 is 0 Å². The molecule has 0 aromatic carbocycles. The van der Waals surface area contributed by atoms with Gasteiger partial charge < -0.3 is 10.6 Å². The molecular formula is C11H21IN6S. The number of aryl methyl sites for hydroxylation is 1. The number of aromatic nitrogens is 3. The number of thioether (sulfide) groups is 1. The van der Waals surface area contributed by atoms with Crippen molar-refractivity contribution in [3.05, 3.63) is 12.2 Å². The molecule has 1 atom stereocenters. The maximum Gasteiger partial charge on any atom is 0.191 e. The Morgan fingerprint density at radius 2 is 2.42 bits per heavy atom. The van der Waals surface area contributed by atoms with E-state index in [0.29, 0.717) is 6.54 Å². The van der Waals surface area contributed by atoms with Gasteiger partial charge in [0.25, 0.3) is 0 Å². The molecular weight excluding hydrogens is 375 g/mol. The molecule has 0 radical (unpaired) electrons. The highest BCUT2D eigenvalue weighted by atomic mass is 127. The normalized spacial score (nSPS) is 19.1. The van der Waals surface area contributed by atoms with Gasteiger partial charge in [-0.05, 0) is 18.6 Å². The molecule has 2 heterocycles. The molecule has 0 saturated carbocycles. The van der Waals surface area contributed by atoms with Gasteiger partial charge in [-0.15, -0.1) is 24.0 Å². The fourth-order valence-electron chi connectivity index (χ4n) is 1.88. The second-order valence-electron chi connectivity index (χ2n) is 4.24. The number of aliphatic imine (C=N–C) groups is 1. The summed E-state index contributed by atoms with van der Waals surface area (Å²) in [5, 5.41) is 11.3. The van der Waals surface area contributed by atoms with Crippen LogP contribution in [0.2, 0.25) is 0 Å². The molecule has 8 heteroatoms. The van der Waals surface area contributed by atoms with Crippen molar-refractivity contribution in [3.63, 3.8) is 0 Å². The second-order valence-corrected chi connectivity index (χ2v) is 5.65. The van der Waals surface area contributed by atoms with Crippen molar-refractivity contribution in [2.24, 2.45) is 12.0 Å². The Morgan fingerprint density at radius 3 is 3.00 bits per heavy atom. The van der Waals surface area contributed by atoms with Crippen molar-refractivity contribution >= 4 is 41.7 Å². The standard InChI is InChI=1S/C11H20N6S.HI/c1-12-11(13-6-9-4-3-5-18-9)14-7-10-15-8-16-17(10)2;/h8-9H,3-7H2,1-2H3,(H2,12,13,14);1H. The van der Waals surface area contributed by atoms with Gasteiger partial charge in [0.05, 0.1) is 6.54 Å². The molecule has 2 N–H and O–H groups in total. The third-order valence-corrected chi connectivity index (χ3v) is 4.36. The summed E-state index contributed by atoms with van der Waals surface area (Å²) in [6.07, 6.45) is 4.20. The highest BCUT2D eigenvalue weighted by Gasteiger charge is 2.15. The molecule has 0 amide bonds. The first-order valence-corrected chi connectivity index (χ1v) is 7.23. The largest absolute Gasteiger partial charge is 0.355 e. The summed E-state index contributed by atoms with van der Waals surface area (Å²) in [5.74, 6) is 3.01. The lowest BCUT2D eigenvalue weighted by Gasteiger charge is -2.14. The van der Waals surface area contributed by atoms with Gasteiger partial charge in [0, 0.05) is 25.9 Å². The van der Waals surface area contributed by atoms with E-state index in [9.17, 15) is 0 Å². The summed E-state index contributed by atoms with van der Waals surface area (Å²) in [5.41, 5.74) is 0. The van der Waals surface area contributed by atoms with Crippen LogP contribution in [0.1, 0.15) is 18.7 Å². The van der Waals surface area contributed by atoms with E-state index < -0.39 is 0 Å². The molecule has 1 aliphatic rings. The van der Waals surface area contributed by atoms with E-state index in [4.69, 9.17) is 0 Å². The summed E-state index contributed by atoms with van der Waals surface area (Å²) in [6, 6.07) is 0. The van der Waals surface area contributed by atoms with E-state index in [1.54, 1.807) is 18.1 Å². The average Bonchev–Trinajstić information content (AvgIpc) is 3.01. The fourth-order valence-corrected chi connectivity index (χ4v) is 3.08. The predicted octanol–water partition coefficient (Wildman–Crippen LogP) is 0.994. The summed E-state index contributed by atoms with van der Waals surface area (Å²) >= 11 is 2.04. The van der Waals surface area contributed by atoms with E-state index in [2.05, 4.69) is 25.7 Å². The number of hydrogen-bond donors (Lipinski definition) is 2. The zero-order valence-corrected chi connectivity index (χ0v) is 14.4. The molecule has 2 rings (SSSR count). The summed E-state index contributed by atoms with van der Waals surface area (Å²) in [6.45, 7) is 1.61. The van der Waals surface area contributed by atoms with Gasteiger partial charge in [-0.1, -0.05) is 0 Å². The van der Waals surface area contributed by atoms with Crippen molar-refractivity contribution in [1.29, 1.82) is 0 Å². The van der Waals surface area contributed by atoms with Crippen LogP contribution in [0, 0.1) is 0 Å². The first-order chi connectivity index (χ1) is 8.79. The molecule has 1 aromatic rings. The average molecular weight is 396 g/mol. The second kappa shape index (κ2) is 8.62. The van der Waals surface area contributed by atoms with Crippen LogP contribution in [0.3, 0.4) is 0 Å².